The second kappa shape index (κ2) is 6.33. The molecule has 0 aromatic heterocycles. The van der Waals surface area contributed by atoms with E-state index >= 15 is 0 Å². The van der Waals surface area contributed by atoms with E-state index in [0.29, 0.717) is 5.02 Å². The molecule has 0 spiro atoms. The van der Waals surface area contributed by atoms with Crippen LogP contribution in [-0.4, -0.2) is 12.6 Å². The average Bonchev–Trinajstić information content (AvgIpc) is 2.14. The van der Waals surface area contributed by atoms with Gasteiger partial charge in [0.25, 0.3) is 0 Å². The van der Waals surface area contributed by atoms with Crippen LogP contribution in [0.4, 0.5) is 0 Å². The predicted molar refractivity (Wildman–Crippen MR) is 71.8 cm³/mol. The maximum Gasteiger partial charge on any atom is 0.137 e. The van der Waals surface area contributed by atoms with Crippen molar-refractivity contribution in [1.29, 1.82) is 0 Å². The lowest BCUT2D eigenvalue weighted by atomic mass is 10.1. The molecule has 0 bridgehead atoms. The van der Waals surface area contributed by atoms with Crippen LogP contribution in [0, 0.1) is 0 Å². The Hall–Kier alpha value is -0.440. The van der Waals surface area contributed by atoms with Gasteiger partial charge < -0.3 is 10.1 Å². The van der Waals surface area contributed by atoms with E-state index < -0.39 is 0 Å². The topological polar surface area (TPSA) is 21.3 Å². The molecule has 0 atom stereocenters. The Balaban J connectivity index is 0.00000225. The molecule has 1 N–H and O–H groups in total. The molecule has 16 heavy (non-hydrogen) atoms. The molecule has 0 aliphatic rings. The SMILES string of the molecule is COc1ccc(CNC(C)(C)C)cc1Cl.Cl. The minimum absolute atomic E-state index is 0. The summed E-state index contributed by atoms with van der Waals surface area (Å²) >= 11 is 6.03. The van der Waals surface area contributed by atoms with Crippen molar-refractivity contribution in [1.82, 2.24) is 5.32 Å². The molecular formula is C12H19Cl2NO. The molecule has 0 aliphatic carbocycles. The van der Waals surface area contributed by atoms with Crippen LogP contribution in [0.3, 0.4) is 0 Å². The summed E-state index contributed by atoms with van der Waals surface area (Å²) in [6.07, 6.45) is 0. The van der Waals surface area contributed by atoms with Crippen LogP contribution in [0.5, 0.6) is 5.75 Å². The quantitative estimate of drug-likeness (QED) is 0.899. The van der Waals surface area contributed by atoms with Gasteiger partial charge in [0.2, 0.25) is 0 Å². The number of hydrogen-bond acceptors (Lipinski definition) is 2. The lowest BCUT2D eigenvalue weighted by molar-refractivity contribution is 0.413. The second-order valence-electron chi connectivity index (χ2n) is 4.57. The van der Waals surface area contributed by atoms with Gasteiger partial charge in [-0.1, -0.05) is 17.7 Å². The monoisotopic (exact) mass is 263 g/mol. The summed E-state index contributed by atoms with van der Waals surface area (Å²) < 4.78 is 5.09. The normalized spacial score (nSPS) is 10.8. The minimum atomic E-state index is 0. The molecule has 1 aromatic rings. The van der Waals surface area contributed by atoms with E-state index in [0.717, 1.165) is 17.9 Å². The summed E-state index contributed by atoms with van der Waals surface area (Å²) in [6.45, 7) is 7.22. The first-order chi connectivity index (χ1) is 6.92. The van der Waals surface area contributed by atoms with Gasteiger partial charge in [0, 0.05) is 12.1 Å². The molecule has 4 heteroatoms. The van der Waals surface area contributed by atoms with E-state index in [1.165, 1.54) is 0 Å². The zero-order chi connectivity index (χ0) is 11.5. The van der Waals surface area contributed by atoms with Gasteiger partial charge in [-0.15, -0.1) is 12.4 Å². The average molecular weight is 264 g/mol. The Morgan fingerprint density at radius 3 is 2.38 bits per heavy atom. The van der Waals surface area contributed by atoms with E-state index in [1.807, 2.05) is 18.2 Å². The van der Waals surface area contributed by atoms with Crippen LogP contribution in [0.25, 0.3) is 0 Å². The van der Waals surface area contributed by atoms with Crippen molar-refractivity contribution in [2.24, 2.45) is 0 Å². The summed E-state index contributed by atoms with van der Waals surface area (Å²) in [5, 5.41) is 4.06. The first-order valence-corrected chi connectivity index (χ1v) is 5.37. The van der Waals surface area contributed by atoms with Crippen LogP contribution < -0.4 is 10.1 Å². The molecule has 0 radical (unpaired) electrons. The molecule has 92 valence electrons. The van der Waals surface area contributed by atoms with Gasteiger partial charge in [0.05, 0.1) is 12.1 Å². The van der Waals surface area contributed by atoms with Crippen molar-refractivity contribution in [2.75, 3.05) is 7.11 Å². The van der Waals surface area contributed by atoms with Gasteiger partial charge in [0.1, 0.15) is 5.75 Å². The molecule has 2 nitrogen and oxygen atoms in total. The highest BCUT2D eigenvalue weighted by molar-refractivity contribution is 6.32. The molecule has 0 aliphatic heterocycles. The predicted octanol–water partition coefficient (Wildman–Crippen LogP) is 3.66. The second-order valence-corrected chi connectivity index (χ2v) is 4.98. The summed E-state index contributed by atoms with van der Waals surface area (Å²) in [4.78, 5) is 0. The fraction of sp³-hybridized carbons (Fsp3) is 0.500. The van der Waals surface area contributed by atoms with Crippen LogP contribution >= 0.6 is 24.0 Å². The van der Waals surface area contributed by atoms with Crippen LogP contribution in [0.15, 0.2) is 18.2 Å². The minimum Gasteiger partial charge on any atom is -0.495 e. The smallest absolute Gasteiger partial charge is 0.137 e. The molecular weight excluding hydrogens is 245 g/mol. The Labute approximate surface area is 109 Å². The van der Waals surface area contributed by atoms with Gasteiger partial charge in [-0.3, -0.25) is 0 Å². The van der Waals surface area contributed by atoms with Crippen LogP contribution in [-0.2, 0) is 6.54 Å². The molecule has 0 amide bonds. The first-order valence-electron chi connectivity index (χ1n) is 5.00. The van der Waals surface area contributed by atoms with Crippen LogP contribution in [0.2, 0.25) is 5.02 Å². The standard InChI is InChI=1S/C12H18ClNO.ClH/c1-12(2,3)14-8-9-5-6-11(15-4)10(13)7-9;/h5-7,14H,8H2,1-4H3;1H. The van der Waals surface area contributed by atoms with E-state index in [2.05, 4.69) is 26.1 Å². The Morgan fingerprint density at radius 1 is 1.31 bits per heavy atom. The third kappa shape index (κ3) is 5.06. The fourth-order valence-electron chi connectivity index (χ4n) is 1.19. The highest BCUT2D eigenvalue weighted by Crippen LogP contribution is 2.24. The summed E-state index contributed by atoms with van der Waals surface area (Å²) in [6, 6.07) is 5.84. The molecule has 1 aromatic carbocycles. The van der Waals surface area contributed by atoms with Crippen molar-refractivity contribution in [3.8, 4) is 5.75 Å². The molecule has 1 rings (SSSR count). The van der Waals surface area contributed by atoms with E-state index in [4.69, 9.17) is 16.3 Å². The summed E-state index contributed by atoms with van der Waals surface area (Å²) in [5.41, 5.74) is 1.28. The van der Waals surface area contributed by atoms with Gasteiger partial charge in [-0.05, 0) is 38.5 Å². The Bertz CT molecular complexity index is 334. The van der Waals surface area contributed by atoms with Crippen molar-refractivity contribution in [2.45, 2.75) is 32.9 Å². The lowest BCUT2D eigenvalue weighted by Gasteiger charge is -2.20. The third-order valence-corrected chi connectivity index (χ3v) is 2.33. The third-order valence-electron chi connectivity index (χ3n) is 2.04. The number of nitrogens with one attached hydrogen (secondary N) is 1. The van der Waals surface area contributed by atoms with E-state index in [9.17, 15) is 0 Å². The number of benzene rings is 1. The number of halogens is 2. The zero-order valence-electron chi connectivity index (χ0n) is 10.1. The van der Waals surface area contributed by atoms with Crippen molar-refractivity contribution < 1.29 is 4.74 Å². The molecule has 0 saturated heterocycles. The van der Waals surface area contributed by atoms with Crippen molar-refractivity contribution >= 4 is 24.0 Å². The van der Waals surface area contributed by atoms with Gasteiger partial charge in [0.15, 0.2) is 0 Å². The summed E-state index contributed by atoms with van der Waals surface area (Å²) in [7, 11) is 1.62. The summed E-state index contributed by atoms with van der Waals surface area (Å²) in [5.74, 6) is 0.719. The largest absolute Gasteiger partial charge is 0.495 e. The van der Waals surface area contributed by atoms with Gasteiger partial charge in [-0.25, -0.2) is 0 Å². The molecule has 0 fully saturated rings. The van der Waals surface area contributed by atoms with Gasteiger partial charge in [-0.2, -0.15) is 0 Å². The first kappa shape index (κ1) is 15.6. The number of hydrogen-bond donors (Lipinski definition) is 1. The molecule has 0 saturated carbocycles. The van der Waals surface area contributed by atoms with Gasteiger partial charge >= 0.3 is 0 Å². The number of rotatable bonds is 3. The highest BCUT2D eigenvalue weighted by Gasteiger charge is 2.09. The Kier molecular flexibility index (Phi) is 6.16. The van der Waals surface area contributed by atoms with E-state index in [1.54, 1.807) is 7.11 Å². The highest BCUT2D eigenvalue weighted by atomic mass is 35.5. The maximum atomic E-state index is 6.03. The molecule has 0 heterocycles. The Morgan fingerprint density at radius 2 is 1.94 bits per heavy atom. The lowest BCUT2D eigenvalue weighted by Crippen LogP contribution is -2.35. The van der Waals surface area contributed by atoms with Crippen molar-refractivity contribution in [3.63, 3.8) is 0 Å². The number of methoxy groups -OCH3 is 1. The fourth-order valence-corrected chi connectivity index (χ4v) is 1.47. The van der Waals surface area contributed by atoms with Crippen LogP contribution in [0.1, 0.15) is 26.3 Å². The zero-order valence-corrected chi connectivity index (χ0v) is 11.7. The van der Waals surface area contributed by atoms with Crippen molar-refractivity contribution in [3.05, 3.63) is 28.8 Å². The number of ether oxygens (including phenoxy) is 1. The van der Waals surface area contributed by atoms with E-state index in [-0.39, 0.29) is 17.9 Å². The molecule has 0 unspecified atom stereocenters. The maximum absolute atomic E-state index is 6.03.